The average Bonchev–Trinajstić information content (AvgIpc) is 2.78. The van der Waals surface area contributed by atoms with E-state index >= 15 is 0 Å². The Hall–Kier alpha value is -2.31. The van der Waals surface area contributed by atoms with Gasteiger partial charge in [0.15, 0.2) is 6.54 Å². The molecule has 1 aliphatic heterocycles. The second-order valence-electron chi connectivity index (χ2n) is 8.07. The fourth-order valence-corrected chi connectivity index (χ4v) is 5.47. The van der Waals surface area contributed by atoms with Crippen LogP contribution in [0.5, 0.6) is 0 Å². The van der Waals surface area contributed by atoms with Crippen LogP contribution in [0.15, 0.2) is 58.3 Å². The van der Waals surface area contributed by atoms with Crippen molar-refractivity contribution in [2.75, 3.05) is 45.9 Å². The average molecular weight is 497 g/mol. The number of rotatable bonds is 9. The largest absolute Gasteiger partial charge is 0.370 e. The van der Waals surface area contributed by atoms with E-state index in [1.165, 1.54) is 4.90 Å². The molecule has 0 saturated carbocycles. The number of aryl methyl sites for hydroxylation is 2. The van der Waals surface area contributed by atoms with Crippen LogP contribution in [-0.2, 0) is 24.8 Å². The maximum atomic E-state index is 12.9. The van der Waals surface area contributed by atoms with Crippen molar-refractivity contribution in [1.29, 1.82) is 0 Å². The molecular weight excluding hydrogens is 464 g/mol. The number of benzene rings is 2. The Morgan fingerprint density at radius 1 is 0.879 bits per heavy atom. The minimum absolute atomic E-state index is 0.102. The Balaban J connectivity index is 1.68. The minimum Gasteiger partial charge on any atom is -0.370 e. The highest BCUT2D eigenvalue weighted by molar-refractivity contribution is 7.90. The molecule has 0 spiro atoms. The summed E-state index contributed by atoms with van der Waals surface area (Å²) >= 11 is 0. The van der Waals surface area contributed by atoms with Crippen LogP contribution in [0.2, 0.25) is 0 Å². The van der Waals surface area contributed by atoms with Crippen molar-refractivity contribution in [1.82, 2.24) is 9.44 Å². The molecule has 1 fully saturated rings. The van der Waals surface area contributed by atoms with Crippen LogP contribution < -0.4 is 19.3 Å². The highest BCUT2D eigenvalue weighted by Crippen LogP contribution is 2.10. The number of nitrogens with one attached hydrogen (secondary N) is 4. The van der Waals surface area contributed by atoms with Crippen LogP contribution >= 0.6 is 0 Å². The van der Waals surface area contributed by atoms with E-state index in [0.717, 1.165) is 24.2 Å². The van der Waals surface area contributed by atoms with Crippen molar-refractivity contribution >= 4 is 25.9 Å². The van der Waals surface area contributed by atoms with Crippen molar-refractivity contribution in [2.45, 2.75) is 23.6 Å². The maximum Gasteiger partial charge on any atom is 0.328 e. The van der Waals surface area contributed by atoms with Gasteiger partial charge in [-0.1, -0.05) is 35.4 Å². The van der Waals surface area contributed by atoms with Crippen molar-refractivity contribution in [3.8, 4) is 0 Å². The molecular formula is C22H32N4O5S2+2. The molecule has 0 aromatic heterocycles. The second-order valence-corrected chi connectivity index (χ2v) is 11.5. The lowest BCUT2D eigenvalue weighted by molar-refractivity contribution is -0.900. The molecule has 0 unspecified atom stereocenters. The van der Waals surface area contributed by atoms with Gasteiger partial charge in [-0.2, -0.15) is 13.1 Å². The molecule has 0 atom stereocenters. The molecule has 0 radical (unpaired) electrons. The summed E-state index contributed by atoms with van der Waals surface area (Å²) in [6.45, 7) is 7.29. The van der Waals surface area contributed by atoms with Gasteiger partial charge in [0.05, 0.1) is 24.7 Å². The van der Waals surface area contributed by atoms with Gasteiger partial charge in [0.2, 0.25) is 10.0 Å². The van der Waals surface area contributed by atoms with Crippen LogP contribution in [0.25, 0.3) is 0 Å². The van der Waals surface area contributed by atoms with E-state index in [0.29, 0.717) is 25.6 Å². The minimum atomic E-state index is -3.77. The number of ether oxygens (including phenoxy) is 1. The Labute approximate surface area is 196 Å². The molecule has 3 rings (SSSR count). The Bertz CT molecular complexity index is 1160. The van der Waals surface area contributed by atoms with Crippen molar-refractivity contribution in [2.24, 2.45) is 0 Å². The Kier molecular flexibility index (Phi) is 8.60. The summed E-state index contributed by atoms with van der Waals surface area (Å²) < 4.78 is 61.3. The third kappa shape index (κ3) is 7.61. The van der Waals surface area contributed by atoms with E-state index in [-0.39, 0.29) is 22.9 Å². The SMILES string of the molecule is Cc1ccc(S(=O)(=O)NCC[NH+]=C(C[NH+]2CCOCC2)NS(=O)(=O)c2ccc(C)cc2)cc1. The van der Waals surface area contributed by atoms with Crippen LogP contribution in [0.4, 0.5) is 0 Å². The smallest absolute Gasteiger partial charge is 0.328 e. The molecule has 1 heterocycles. The molecule has 2 aromatic carbocycles. The first kappa shape index (κ1) is 25.3. The first-order valence-corrected chi connectivity index (χ1v) is 13.8. The number of sulfonamides is 2. The van der Waals surface area contributed by atoms with Crippen molar-refractivity contribution in [3.63, 3.8) is 0 Å². The summed E-state index contributed by atoms with van der Waals surface area (Å²) in [6, 6.07) is 13.2. The summed E-state index contributed by atoms with van der Waals surface area (Å²) in [5.41, 5.74) is 1.94. The molecule has 0 aliphatic carbocycles. The second kappa shape index (κ2) is 11.2. The topological polar surface area (TPSA) is 120 Å². The normalized spacial score (nSPS) is 16.0. The summed E-state index contributed by atoms with van der Waals surface area (Å²) in [6.07, 6.45) is 0. The molecule has 9 nitrogen and oxygen atoms in total. The van der Waals surface area contributed by atoms with Gasteiger partial charge in [-0.15, -0.1) is 0 Å². The quantitative estimate of drug-likeness (QED) is 0.181. The van der Waals surface area contributed by atoms with E-state index in [2.05, 4.69) is 14.4 Å². The molecule has 4 N–H and O–H groups in total. The van der Waals surface area contributed by atoms with Gasteiger partial charge in [-0.05, 0) is 38.1 Å². The summed E-state index contributed by atoms with van der Waals surface area (Å²) in [5.74, 6) is 0.419. The maximum absolute atomic E-state index is 12.9. The zero-order valence-corrected chi connectivity index (χ0v) is 20.6. The molecule has 0 bridgehead atoms. The van der Waals surface area contributed by atoms with Crippen molar-refractivity contribution in [3.05, 3.63) is 59.7 Å². The van der Waals surface area contributed by atoms with Gasteiger partial charge in [0.25, 0.3) is 0 Å². The van der Waals surface area contributed by atoms with Gasteiger partial charge in [0, 0.05) is 6.54 Å². The van der Waals surface area contributed by atoms with E-state index < -0.39 is 20.0 Å². The monoisotopic (exact) mass is 496 g/mol. The molecule has 2 aromatic rings. The molecule has 11 heteroatoms. The number of hydrogen-bond acceptors (Lipinski definition) is 5. The molecule has 33 heavy (non-hydrogen) atoms. The number of morpholine rings is 1. The lowest BCUT2D eigenvalue weighted by atomic mass is 10.2. The van der Waals surface area contributed by atoms with Crippen molar-refractivity contribution < 1.29 is 31.5 Å². The van der Waals surface area contributed by atoms with E-state index in [1.807, 2.05) is 13.8 Å². The Morgan fingerprint density at radius 3 is 1.94 bits per heavy atom. The third-order valence-corrected chi connectivity index (χ3v) is 8.19. The van der Waals surface area contributed by atoms with E-state index in [9.17, 15) is 16.8 Å². The molecule has 1 saturated heterocycles. The van der Waals surface area contributed by atoms with E-state index in [1.54, 1.807) is 48.5 Å². The first-order valence-electron chi connectivity index (χ1n) is 10.8. The zero-order valence-electron chi connectivity index (χ0n) is 18.9. The standard InChI is InChI=1S/C22H30N4O5S2/c1-18-3-7-20(8-4-18)32(27,28)24-12-11-23-22(17-26-13-15-31-16-14-26)25-33(29,30)21-9-5-19(2)6-10-21/h3-10,24H,11-17H2,1-2H3,(H,23,25)/p+2. The summed E-state index contributed by atoms with van der Waals surface area (Å²) in [5, 5.41) is 0. The van der Waals surface area contributed by atoms with E-state index in [4.69, 9.17) is 4.74 Å². The zero-order chi connectivity index (χ0) is 23.9. The highest BCUT2D eigenvalue weighted by atomic mass is 32.2. The summed E-state index contributed by atoms with van der Waals surface area (Å²) in [4.78, 5) is 4.61. The molecule has 180 valence electrons. The fraction of sp³-hybridized carbons (Fsp3) is 0.409. The fourth-order valence-electron chi connectivity index (χ4n) is 3.36. The molecule has 0 amide bonds. The first-order chi connectivity index (χ1) is 15.7. The van der Waals surface area contributed by atoms with Crippen LogP contribution in [0.1, 0.15) is 11.1 Å². The van der Waals surface area contributed by atoms with Gasteiger partial charge in [0.1, 0.15) is 18.0 Å². The lowest BCUT2D eigenvalue weighted by Gasteiger charge is -2.22. The van der Waals surface area contributed by atoms with Gasteiger partial charge < -0.3 is 9.64 Å². The number of quaternary nitrogens is 1. The summed E-state index contributed by atoms with van der Waals surface area (Å²) in [7, 11) is -7.42. The highest BCUT2D eigenvalue weighted by Gasteiger charge is 2.27. The lowest BCUT2D eigenvalue weighted by Crippen LogP contribution is -3.16. The molecule has 1 aliphatic rings. The van der Waals surface area contributed by atoms with Gasteiger partial charge >= 0.3 is 15.9 Å². The predicted octanol–water partition coefficient (Wildman–Crippen LogP) is -2.05. The predicted molar refractivity (Wildman–Crippen MR) is 125 cm³/mol. The number of hydrogen-bond donors (Lipinski definition) is 4. The van der Waals surface area contributed by atoms with Crippen LogP contribution in [0.3, 0.4) is 0 Å². The van der Waals surface area contributed by atoms with Gasteiger partial charge in [-0.3, -0.25) is 4.99 Å². The van der Waals surface area contributed by atoms with Gasteiger partial charge in [-0.25, -0.2) is 13.1 Å². The van der Waals surface area contributed by atoms with Crippen LogP contribution in [0, 0.1) is 13.8 Å². The van der Waals surface area contributed by atoms with Crippen LogP contribution in [-0.4, -0.2) is 68.6 Å². The third-order valence-electron chi connectivity index (χ3n) is 5.30. The number of amidine groups is 1. The Morgan fingerprint density at radius 2 is 1.39 bits per heavy atom.